The number of hydrogen-bond donors (Lipinski definition) is 2. The molecule has 0 aromatic carbocycles. The van der Waals surface area contributed by atoms with Crippen molar-refractivity contribution >= 4 is 0 Å². The highest BCUT2D eigenvalue weighted by atomic mass is 15.3. The first-order valence-corrected chi connectivity index (χ1v) is 7.39. The Morgan fingerprint density at radius 1 is 0.556 bits per heavy atom. The second kappa shape index (κ2) is 8.07. The van der Waals surface area contributed by atoms with Crippen molar-refractivity contribution in [3.8, 4) is 0 Å². The summed E-state index contributed by atoms with van der Waals surface area (Å²) in [5.41, 5.74) is 0. The van der Waals surface area contributed by atoms with Crippen LogP contribution in [0.15, 0.2) is 0 Å². The van der Waals surface area contributed by atoms with Crippen molar-refractivity contribution < 1.29 is 0 Å². The highest BCUT2D eigenvalue weighted by Crippen LogP contribution is 2.00. The molecule has 3 saturated heterocycles. The van der Waals surface area contributed by atoms with Crippen molar-refractivity contribution in [3.05, 3.63) is 0 Å². The SMILES string of the molecule is CN1CCNCCN2CCN(CCNCC1)CC2. The van der Waals surface area contributed by atoms with E-state index in [-0.39, 0.29) is 0 Å². The Labute approximate surface area is 111 Å². The number of piperazine rings is 1. The lowest BCUT2D eigenvalue weighted by molar-refractivity contribution is 0.134. The second-order valence-corrected chi connectivity index (χ2v) is 5.49. The quantitative estimate of drug-likeness (QED) is 0.528. The summed E-state index contributed by atoms with van der Waals surface area (Å²) in [6.07, 6.45) is 0. The molecule has 3 aliphatic heterocycles. The minimum atomic E-state index is 1.11. The first kappa shape index (κ1) is 14.2. The van der Waals surface area contributed by atoms with E-state index in [1.165, 1.54) is 39.3 Å². The molecule has 3 rings (SSSR count). The smallest absolute Gasteiger partial charge is 0.0110 e. The van der Waals surface area contributed by atoms with Gasteiger partial charge in [0.1, 0.15) is 0 Å². The Balaban J connectivity index is 1.74. The van der Waals surface area contributed by atoms with E-state index in [0.29, 0.717) is 0 Å². The summed E-state index contributed by atoms with van der Waals surface area (Å²) in [5.74, 6) is 0. The summed E-state index contributed by atoms with van der Waals surface area (Å²) in [4.78, 5) is 7.56. The molecule has 0 aromatic heterocycles. The van der Waals surface area contributed by atoms with Gasteiger partial charge in [-0.1, -0.05) is 0 Å². The summed E-state index contributed by atoms with van der Waals surface area (Å²) in [7, 11) is 2.21. The van der Waals surface area contributed by atoms with Crippen molar-refractivity contribution in [2.24, 2.45) is 0 Å². The van der Waals surface area contributed by atoms with Crippen LogP contribution in [-0.4, -0.2) is 100 Å². The zero-order valence-corrected chi connectivity index (χ0v) is 11.8. The first-order valence-electron chi connectivity index (χ1n) is 7.39. The molecule has 18 heavy (non-hydrogen) atoms. The molecule has 2 N–H and O–H groups in total. The Morgan fingerprint density at radius 3 is 1.39 bits per heavy atom. The molecule has 0 amide bonds. The molecule has 2 bridgehead atoms. The van der Waals surface area contributed by atoms with Crippen LogP contribution in [0, 0.1) is 0 Å². The van der Waals surface area contributed by atoms with Gasteiger partial charge in [-0.25, -0.2) is 0 Å². The summed E-state index contributed by atoms with van der Waals surface area (Å²) in [6, 6.07) is 0. The van der Waals surface area contributed by atoms with Gasteiger partial charge in [-0.15, -0.1) is 0 Å². The van der Waals surface area contributed by atoms with E-state index in [9.17, 15) is 0 Å². The molecule has 0 spiro atoms. The third kappa shape index (κ3) is 5.20. The van der Waals surface area contributed by atoms with Crippen LogP contribution in [0.5, 0.6) is 0 Å². The molecule has 0 atom stereocenters. The summed E-state index contributed by atoms with van der Waals surface area (Å²) >= 11 is 0. The van der Waals surface area contributed by atoms with E-state index in [1.807, 2.05) is 0 Å². The van der Waals surface area contributed by atoms with Crippen LogP contribution >= 0.6 is 0 Å². The van der Waals surface area contributed by atoms with Crippen LogP contribution in [0.2, 0.25) is 0 Å². The zero-order chi connectivity index (χ0) is 12.6. The lowest BCUT2D eigenvalue weighted by atomic mass is 10.3. The van der Waals surface area contributed by atoms with Crippen LogP contribution in [-0.2, 0) is 0 Å². The number of nitrogens with one attached hydrogen (secondary N) is 2. The van der Waals surface area contributed by atoms with Crippen molar-refractivity contribution in [2.75, 3.05) is 85.6 Å². The summed E-state index contributed by atoms with van der Waals surface area (Å²) < 4.78 is 0. The van der Waals surface area contributed by atoms with E-state index in [1.54, 1.807) is 0 Å². The van der Waals surface area contributed by atoms with E-state index in [4.69, 9.17) is 0 Å². The molecule has 3 aliphatic rings. The van der Waals surface area contributed by atoms with Crippen LogP contribution < -0.4 is 10.6 Å². The van der Waals surface area contributed by atoms with Crippen LogP contribution in [0.1, 0.15) is 0 Å². The van der Waals surface area contributed by atoms with Crippen molar-refractivity contribution in [3.63, 3.8) is 0 Å². The Hall–Kier alpha value is -0.200. The average Bonchev–Trinajstić information content (AvgIpc) is 2.40. The van der Waals surface area contributed by atoms with E-state index >= 15 is 0 Å². The topological polar surface area (TPSA) is 33.8 Å². The van der Waals surface area contributed by atoms with Crippen LogP contribution in [0.25, 0.3) is 0 Å². The maximum atomic E-state index is 3.55. The van der Waals surface area contributed by atoms with Gasteiger partial charge < -0.3 is 15.5 Å². The molecule has 0 radical (unpaired) electrons. The van der Waals surface area contributed by atoms with Gasteiger partial charge in [-0.2, -0.15) is 0 Å². The predicted octanol–water partition coefficient (Wildman–Crippen LogP) is -1.27. The largest absolute Gasteiger partial charge is 0.314 e. The molecule has 0 unspecified atom stereocenters. The maximum Gasteiger partial charge on any atom is 0.0110 e. The molecule has 106 valence electrons. The third-order valence-electron chi connectivity index (χ3n) is 4.02. The van der Waals surface area contributed by atoms with Crippen LogP contribution in [0.4, 0.5) is 0 Å². The van der Waals surface area contributed by atoms with Crippen molar-refractivity contribution in [1.29, 1.82) is 0 Å². The van der Waals surface area contributed by atoms with E-state index < -0.39 is 0 Å². The van der Waals surface area contributed by atoms with Crippen molar-refractivity contribution in [1.82, 2.24) is 25.3 Å². The zero-order valence-electron chi connectivity index (χ0n) is 11.8. The molecule has 0 aromatic rings. The number of fused-ring (bicyclic) bond motifs is 12. The third-order valence-corrected chi connectivity index (χ3v) is 4.02. The standard InChI is InChI=1S/C13H29N5/c1-16-6-2-14-4-8-17-10-12-18(13-11-17)9-5-15-3-7-16/h14-15H,2-13H2,1H3. The van der Waals surface area contributed by atoms with Crippen molar-refractivity contribution in [2.45, 2.75) is 0 Å². The fraction of sp³-hybridized carbons (Fsp3) is 1.00. The lowest BCUT2D eigenvalue weighted by Gasteiger charge is -2.34. The number of rotatable bonds is 0. The molecule has 5 heteroatoms. The fourth-order valence-electron chi connectivity index (χ4n) is 2.61. The maximum absolute atomic E-state index is 3.55. The molecule has 0 saturated carbocycles. The Morgan fingerprint density at radius 2 is 0.944 bits per heavy atom. The lowest BCUT2D eigenvalue weighted by Crippen LogP contribution is -2.49. The molecule has 5 nitrogen and oxygen atoms in total. The van der Waals surface area contributed by atoms with Gasteiger partial charge in [0.05, 0.1) is 0 Å². The normalized spacial score (nSPS) is 33.8. The summed E-state index contributed by atoms with van der Waals surface area (Å²) in [6.45, 7) is 14.1. The van der Waals surface area contributed by atoms with Gasteiger partial charge >= 0.3 is 0 Å². The van der Waals surface area contributed by atoms with Gasteiger partial charge in [-0.3, -0.25) is 9.80 Å². The second-order valence-electron chi connectivity index (χ2n) is 5.49. The highest BCUT2D eigenvalue weighted by molar-refractivity contribution is 4.73. The molecular formula is C13H29N5. The van der Waals surface area contributed by atoms with Gasteiger partial charge in [0.2, 0.25) is 0 Å². The minimum absolute atomic E-state index is 1.11. The number of likely N-dealkylation sites (N-methyl/N-ethyl adjacent to an activating group) is 1. The molecule has 3 heterocycles. The minimum Gasteiger partial charge on any atom is -0.314 e. The van der Waals surface area contributed by atoms with Gasteiger partial charge in [-0.05, 0) is 7.05 Å². The monoisotopic (exact) mass is 255 g/mol. The first-order chi connectivity index (χ1) is 8.84. The molecular weight excluding hydrogens is 226 g/mol. The number of nitrogens with zero attached hydrogens (tertiary/aromatic N) is 3. The van der Waals surface area contributed by atoms with Gasteiger partial charge in [0, 0.05) is 78.5 Å². The summed E-state index contributed by atoms with van der Waals surface area (Å²) in [5, 5.41) is 7.10. The predicted molar refractivity (Wildman–Crippen MR) is 76.1 cm³/mol. The van der Waals surface area contributed by atoms with Gasteiger partial charge in [0.15, 0.2) is 0 Å². The Bertz CT molecular complexity index is 193. The fourth-order valence-corrected chi connectivity index (χ4v) is 2.61. The van der Waals surface area contributed by atoms with Crippen LogP contribution in [0.3, 0.4) is 0 Å². The number of hydrogen-bond acceptors (Lipinski definition) is 5. The molecule has 3 fully saturated rings. The van der Waals surface area contributed by atoms with E-state index in [0.717, 1.165) is 39.3 Å². The van der Waals surface area contributed by atoms with Gasteiger partial charge in [0.25, 0.3) is 0 Å². The highest BCUT2D eigenvalue weighted by Gasteiger charge is 2.15. The van der Waals surface area contributed by atoms with E-state index in [2.05, 4.69) is 32.4 Å². The Kier molecular flexibility index (Phi) is 6.37. The molecule has 0 aliphatic carbocycles. The average molecular weight is 255 g/mol.